The molecule has 1 atom stereocenters. The standard InChI is InChI=1S/C24H23FN5O6PS2/c1-36-37(33)18-12-16(29-39(2,34)35)9-10-17(18)26-23(28-37)20-22(31)21(19-4-3-11-38-19)27-30(24(20)32)13-14-5-7-15(25)8-6-14/h3-12,29,31,34-35H,13H2,1-2H3,(H,26,28,33). The van der Waals surface area contributed by atoms with Crippen LogP contribution in [-0.4, -0.2) is 43.2 Å². The Bertz CT molecular complexity index is 1690. The second-order valence-corrected chi connectivity index (χ2v) is 13.5. The summed E-state index contributed by atoms with van der Waals surface area (Å²) in [4.78, 5) is 14.2. The van der Waals surface area contributed by atoms with E-state index in [1.54, 1.807) is 17.5 Å². The molecule has 2 aromatic carbocycles. The lowest BCUT2D eigenvalue weighted by molar-refractivity contribution is 0.404. The van der Waals surface area contributed by atoms with Gasteiger partial charge in [0.1, 0.15) is 17.1 Å². The molecule has 2 aromatic heterocycles. The Morgan fingerprint density at radius 3 is 2.59 bits per heavy atom. The van der Waals surface area contributed by atoms with Crippen molar-refractivity contribution < 1.29 is 27.7 Å². The average Bonchev–Trinajstić information content (AvgIpc) is 3.41. The molecule has 4 aromatic rings. The van der Waals surface area contributed by atoms with Crippen molar-refractivity contribution in [3.8, 4) is 16.3 Å². The summed E-state index contributed by atoms with van der Waals surface area (Å²) in [6.07, 6.45) is 1.20. The monoisotopic (exact) mass is 591 g/mol. The first-order chi connectivity index (χ1) is 18.5. The number of halogens is 1. The summed E-state index contributed by atoms with van der Waals surface area (Å²) in [5.74, 6) is -1.08. The van der Waals surface area contributed by atoms with Crippen molar-refractivity contribution in [3.05, 3.63) is 87.3 Å². The van der Waals surface area contributed by atoms with Crippen LogP contribution in [0, 0.1) is 5.82 Å². The minimum absolute atomic E-state index is 0.0327. The van der Waals surface area contributed by atoms with Crippen molar-refractivity contribution in [2.75, 3.05) is 23.4 Å². The zero-order chi connectivity index (χ0) is 27.9. The van der Waals surface area contributed by atoms with E-state index in [0.717, 1.165) is 4.68 Å². The second kappa shape index (κ2) is 10.2. The molecule has 0 bridgehead atoms. The van der Waals surface area contributed by atoms with Gasteiger partial charge in [0, 0.05) is 13.4 Å². The molecule has 0 amide bonds. The Morgan fingerprint density at radius 2 is 1.95 bits per heavy atom. The summed E-state index contributed by atoms with van der Waals surface area (Å²) in [6, 6.07) is 13.5. The van der Waals surface area contributed by atoms with Crippen molar-refractivity contribution in [1.82, 2.24) is 9.78 Å². The number of nitrogens with one attached hydrogen (secondary N) is 2. The molecule has 3 heterocycles. The number of amidine groups is 1. The van der Waals surface area contributed by atoms with Crippen molar-refractivity contribution in [1.29, 1.82) is 0 Å². The number of aromatic nitrogens is 2. The first-order valence-electron chi connectivity index (χ1n) is 11.3. The molecule has 5 N–H and O–H groups in total. The quantitative estimate of drug-likeness (QED) is 0.188. The molecule has 0 saturated carbocycles. The number of aromatic hydroxyl groups is 1. The Morgan fingerprint density at radius 1 is 1.21 bits per heavy atom. The van der Waals surface area contributed by atoms with Gasteiger partial charge in [0.15, 0.2) is 11.6 Å². The normalized spacial score (nSPS) is 17.2. The van der Waals surface area contributed by atoms with E-state index in [-0.39, 0.29) is 40.3 Å². The SMILES string of the molecule is COP1(=O)N=C(c2c(O)c(-c3cccs3)nn(Cc3ccc(F)cc3)c2=O)Nc2ccc(NS(C)(O)O)cc21. The van der Waals surface area contributed by atoms with E-state index in [2.05, 4.69) is 19.9 Å². The van der Waals surface area contributed by atoms with Gasteiger partial charge in [0.25, 0.3) is 5.56 Å². The molecule has 5 rings (SSSR count). The summed E-state index contributed by atoms with van der Waals surface area (Å²) in [5, 5.41) is 20.5. The number of thiophene rings is 1. The molecule has 0 spiro atoms. The lowest BCUT2D eigenvalue weighted by Gasteiger charge is -2.30. The van der Waals surface area contributed by atoms with Crippen LogP contribution in [0.4, 0.5) is 15.8 Å². The van der Waals surface area contributed by atoms with Crippen LogP contribution >= 0.6 is 29.6 Å². The van der Waals surface area contributed by atoms with Gasteiger partial charge in [-0.25, -0.2) is 9.07 Å². The molecule has 1 aliphatic rings. The highest BCUT2D eigenvalue weighted by atomic mass is 32.3. The Hall–Kier alpha value is -3.52. The van der Waals surface area contributed by atoms with E-state index < -0.39 is 35.4 Å². The van der Waals surface area contributed by atoms with Crippen molar-refractivity contribution >= 4 is 52.1 Å². The summed E-state index contributed by atoms with van der Waals surface area (Å²) in [5.41, 5.74) is 0.241. The fourth-order valence-electron chi connectivity index (χ4n) is 3.97. The fraction of sp³-hybridized carbons (Fsp3) is 0.125. The average molecular weight is 592 g/mol. The zero-order valence-electron chi connectivity index (χ0n) is 20.5. The van der Waals surface area contributed by atoms with Crippen LogP contribution in [0.15, 0.2) is 69.5 Å². The number of fused-ring (bicyclic) bond motifs is 1. The molecule has 39 heavy (non-hydrogen) atoms. The summed E-state index contributed by atoms with van der Waals surface area (Å²) >= 11 is 1.29. The highest BCUT2D eigenvalue weighted by Crippen LogP contribution is 2.52. The predicted molar refractivity (Wildman–Crippen MR) is 152 cm³/mol. The van der Waals surface area contributed by atoms with E-state index in [1.165, 1.54) is 67.2 Å². The number of hydrogen-bond donors (Lipinski definition) is 5. The third-order valence-electron chi connectivity index (χ3n) is 5.71. The fourth-order valence-corrected chi connectivity index (χ4v) is 6.79. The van der Waals surface area contributed by atoms with Crippen molar-refractivity contribution in [2.45, 2.75) is 6.54 Å². The number of benzene rings is 2. The maximum absolute atomic E-state index is 13.8. The first-order valence-corrected chi connectivity index (χ1v) is 15.7. The van der Waals surface area contributed by atoms with Gasteiger partial charge in [0.2, 0.25) is 0 Å². The molecule has 204 valence electrons. The lowest BCUT2D eigenvalue weighted by Crippen LogP contribution is -2.35. The Kier molecular flexibility index (Phi) is 7.10. The topological polar surface area (TPSA) is 158 Å². The summed E-state index contributed by atoms with van der Waals surface area (Å²) in [6.45, 7) is -0.0327. The van der Waals surface area contributed by atoms with Crippen LogP contribution in [0.5, 0.6) is 5.75 Å². The van der Waals surface area contributed by atoms with Crippen LogP contribution in [-0.2, 0) is 15.6 Å². The van der Waals surface area contributed by atoms with Crippen molar-refractivity contribution in [3.63, 3.8) is 0 Å². The van der Waals surface area contributed by atoms with Crippen LogP contribution < -0.4 is 20.9 Å². The molecule has 0 radical (unpaired) electrons. The maximum Gasteiger partial charge on any atom is 0.348 e. The van der Waals surface area contributed by atoms with Gasteiger partial charge in [-0.2, -0.15) is 9.86 Å². The molecule has 0 fully saturated rings. The molecular weight excluding hydrogens is 568 g/mol. The van der Waals surface area contributed by atoms with Crippen LogP contribution in [0.1, 0.15) is 11.1 Å². The van der Waals surface area contributed by atoms with E-state index in [0.29, 0.717) is 10.4 Å². The van der Waals surface area contributed by atoms with Gasteiger partial charge >= 0.3 is 7.52 Å². The molecular formula is C24H23FN5O6PS2. The Balaban J connectivity index is 1.66. The highest BCUT2D eigenvalue weighted by Gasteiger charge is 2.36. The maximum atomic E-state index is 13.8. The second-order valence-electron chi connectivity index (χ2n) is 8.58. The van der Waals surface area contributed by atoms with E-state index in [1.807, 2.05) is 0 Å². The van der Waals surface area contributed by atoms with Gasteiger partial charge in [-0.1, -0.05) is 18.2 Å². The molecule has 11 nitrogen and oxygen atoms in total. The predicted octanol–water partition coefficient (Wildman–Crippen LogP) is 4.91. The van der Waals surface area contributed by atoms with E-state index in [4.69, 9.17) is 4.52 Å². The summed E-state index contributed by atoms with van der Waals surface area (Å²) < 4.78 is 60.0. The van der Waals surface area contributed by atoms with Gasteiger partial charge in [-0.3, -0.25) is 23.2 Å². The minimum Gasteiger partial charge on any atom is -0.505 e. The molecule has 0 aliphatic carbocycles. The Labute approximate surface area is 227 Å². The third kappa shape index (κ3) is 5.48. The van der Waals surface area contributed by atoms with Gasteiger partial charge in [0.05, 0.1) is 28.1 Å². The van der Waals surface area contributed by atoms with Crippen LogP contribution in [0.3, 0.4) is 0 Å². The van der Waals surface area contributed by atoms with Gasteiger partial charge in [-0.05, 0) is 47.3 Å². The third-order valence-corrected chi connectivity index (χ3v) is 9.15. The minimum atomic E-state index is -3.99. The zero-order valence-corrected chi connectivity index (χ0v) is 23.1. The number of nitrogens with zero attached hydrogens (tertiary/aromatic N) is 3. The first kappa shape index (κ1) is 27.1. The largest absolute Gasteiger partial charge is 0.505 e. The van der Waals surface area contributed by atoms with Gasteiger partial charge < -0.3 is 14.9 Å². The number of rotatable bonds is 7. The lowest BCUT2D eigenvalue weighted by atomic mass is 10.1. The molecule has 15 heteroatoms. The number of hydrogen-bond acceptors (Lipinski definition) is 10. The molecule has 1 unspecified atom stereocenters. The molecule has 0 saturated heterocycles. The smallest absolute Gasteiger partial charge is 0.348 e. The molecule has 1 aliphatic heterocycles. The van der Waals surface area contributed by atoms with Gasteiger partial charge in [-0.15, -0.1) is 22.1 Å². The van der Waals surface area contributed by atoms with Crippen molar-refractivity contribution in [2.24, 2.45) is 4.76 Å². The summed E-state index contributed by atoms with van der Waals surface area (Å²) in [7, 11) is -5.91. The van der Waals surface area contributed by atoms with Crippen LogP contribution in [0.2, 0.25) is 0 Å². The van der Waals surface area contributed by atoms with E-state index in [9.17, 15) is 28.0 Å². The highest BCUT2D eigenvalue weighted by molar-refractivity contribution is 8.24. The van der Waals surface area contributed by atoms with E-state index >= 15 is 0 Å². The number of anilines is 2. The van der Waals surface area contributed by atoms with Crippen LogP contribution in [0.25, 0.3) is 10.6 Å².